The molecule has 2 aromatic heterocycles. The lowest BCUT2D eigenvalue weighted by Gasteiger charge is -2.25. The topological polar surface area (TPSA) is 9.86 Å². The number of hydrogen-bond donors (Lipinski definition) is 0. The van der Waals surface area contributed by atoms with Gasteiger partial charge in [0.15, 0.2) is 0 Å². The van der Waals surface area contributed by atoms with E-state index in [0.29, 0.717) is 0 Å². The summed E-state index contributed by atoms with van der Waals surface area (Å²) < 4.78 is 5.11. The molecule has 0 amide bonds. The summed E-state index contributed by atoms with van der Waals surface area (Å²) in [5, 5.41) is 5.28. The SMILES string of the molecule is c1ccc(-n2c3ccccc3c3ccc4c(c32)-c2cccc3c2B4n2c4ccccc4c4cccc-3c42)cc1. The highest BCUT2D eigenvalue weighted by Crippen LogP contribution is 2.45. The predicted molar refractivity (Wildman–Crippen MR) is 165 cm³/mol. The van der Waals surface area contributed by atoms with E-state index in [-0.39, 0.29) is 6.85 Å². The third-order valence-corrected chi connectivity index (χ3v) is 9.11. The second kappa shape index (κ2) is 6.89. The zero-order valence-corrected chi connectivity index (χ0v) is 21.1. The number of hydrogen-bond acceptors (Lipinski definition) is 0. The van der Waals surface area contributed by atoms with Crippen LogP contribution >= 0.6 is 0 Å². The molecule has 0 unspecified atom stereocenters. The molecule has 10 rings (SSSR count). The van der Waals surface area contributed by atoms with E-state index in [0.717, 1.165) is 0 Å². The van der Waals surface area contributed by atoms with Crippen molar-refractivity contribution in [1.82, 2.24) is 9.05 Å². The van der Waals surface area contributed by atoms with Gasteiger partial charge >= 0.3 is 6.85 Å². The molecule has 0 radical (unpaired) electrons. The minimum atomic E-state index is 0.148. The molecule has 0 N–H and O–H groups in total. The van der Waals surface area contributed by atoms with Crippen molar-refractivity contribution in [3.05, 3.63) is 127 Å². The maximum Gasteiger partial charge on any atom is 0.330 e. The van der Waals surface area contributed by atoms with Crippen molar-refractivity contribution in [3.63, 3.8) is 0 Å². The van der Waals surface area contributed by atoms with Crippen molar-refractivity contribution < 1.29 is 0 Å². The van der Waals surface area contributed by atoms with Crippen LogP contribution in [0, 0.1) is 0 Å². The van der Waals surface area contributed by atoms with Gasteiger partial charge in [-0.1, -0.05) is 103 Å². The lowest BCUT2D eigenvalue weighted by atomic mass is 9.50. The quantitative estimate of drug-likeness (QED) is 0.210. The Labute approximate surface area is 225 Å². The van der Waals surface area contributed by atoms with Gasteiger partial charge in [0.05, 0.1) is 11.0 Å². The molecule has 178 valence electrons. The van der Waals surface area contributed by atoms with Crippen LogP contribution in [-0.2, 0) is 0 Å². The Morgan fingerprint density at radius 1 is 0.436 bits per heavy atom. The molecule has 0 spiro atoms. The Balaban J connectivity index is 1.44. The summed E-state index contributed by atoms with van der Waals surface area (Å²) in [7, 11) is 0. The van der Waals surface area contributed by atoms with E-state index in [9.17, 15) is 0 Å². The summed E-state index contributed by atoms with van der Waals surface area (Å²) in [6.07, 6.45) is 0. The van der Waals surface area contributed by atoms with Gasteiger partial charge in [0.25, 0.3) is 0 Å². The van der Waals surface area contributed by atoms with Gasteiger partial charge in [0, 0.05) is 49.4 Å². The number of benzene rings is 6. The van der Waals surface area contributed by atoms with Crippen molar-refractivity contribution in [3.8, 4) is 27.9 Å². The van der Waals surface area contributed by atoms with Gasteiger partial charge in [-0.25, -0.2) is 0 Å². The molecule has 39 heavy (non-hydrogen) atoms. The fraction of sp³-hybridized carbons (Fsp3) is 0. The Bertz CT molecular complexity index is 2340. The maximum atomic E-state index is 2.62. The minimum Gasteiger partial charge on any atom is -0.375 e. The van der Waals surface area contributed by atoms with Crippen LogP contribution in [0.25, 0.3) is 71.6 Å². The molecule has 0 atom stereocenters. The first-order chi connectivity index (χ1) is 19.4. The molecule has 3 heteroatoms. The van der Waals surface area contributed by atoms with Gasteiger partial charge in [0.1, 0.15) is 0 Å². The second-order valence-electron chi connectivity index (χ2n) is 10.9. The van der Waals surface area contributed by atoms with E-state index in [1.165, 1.54) is 82.5 Å². The normalized spacial score (nSPS) is 13.1. The number of para-hydroxylation sites is 4. The Hall–Kier alpha value is -5.02. The Morgan fingerprint density at radius 2 is 1.08 bits per heavy atom. The zero-order chi connectivity index (χ0) is 25.2. The number of rotatable bonds is 1. The molecular weight excluding hydrogens is 471 g/mol. The third-order valence-electron chi connectivity index (χ3n) is 9.11. The Morgan fingerprint density at radius 3 is 1.95 bits per heavy atom. The van der Waals surface area contributed by atoms with Gasteiger partial charge in [-0.15, -0.1) is 0 Å². The summed E-state index contributed by atoms with van der Waals surface area (Å²) in [4.78, 5) is 0. The molecule has 8 aromatic rings. The maximum absolute atomic E-state index is 2.62. The van der Waals surface area contributed by atoms with Crippen molar-refractivity contribution in [2.24, 2.45) is 0 Å². The van der Waals surface area contributed by atoms with Gasteiger partial charge < -0.3 is 9.05 Å². The smallest absolute Gasteiger partial charge is 0.330 e. The molecule has 2 aliphatic rings. The summed E-state index contributed by atoms with van der Waals surface area (Å²) in [6, 6.07) is 47.1. The molecule has 2 aliphatic heterocycles. The molecule has 2 nitrogen and oxygen atoms in total. The molecule has 0 saturated carbocycles. The molecule has 0 saturated heterocycles. The molecule has 6 aromatic carbocycles. The van der Waals surface area contributed by atoms with Crippen molar-refractivity contribution in [2.45, 2.75) is 0 Å². The van der Waals surface area contributed by atoms with Crippen LogP contribution in [0.15, 0.2) is 127 Å². The van der Waals surface area contributed by atoms with E-state index in [1.54, 1.807) is 0 Å². The molecular formula is C36H21BN2. The second-order valence-corrected chi connectivity index (χ2v) is 10.9. The van der Waals surface area contributed by atoms with Crippen molar-refractivity contribution in [1.29, 1.82) is 0 Å². The highest BCUT2D eigenvalue weighted by atomic mass is 15.0. The van der Waals surface area contributed by atoms with Crippen LogP contribution < -0.4 is 10.9 Å². The zero-order valence-electron chi connectivity index (χ0n) is 21.1. The lowest BCUT2D eigenvalue weighted by molar-refractivity contribution is 1.18. The first kappa shape index (κ1) is 20.0. The first-order valence-electron chi connectivity index (χ1n) is 13.7. The Kier molecular flexibility index (Phi) is 3.54. The fourth-order valence-electron chi connectivity index (χ4n) is 7.70. The van der Waals surface area contributed by atoms with Crippen molar-refractivity contribution in [2.75, 3.05) is 0 Å². The van der Waals surface area contributed by atoms with Crippen LogP contribution in [-0.4, -0.2) is 15.9 Å². The van der Waals surface area contributed by atoms with E-state index >= 15 is 0 Å². The average molecular weight is 492 g/mol. The first-order valence-corrected chi connectivity index (χ1v) is 13.7. The van der Waals surface area contributed by atoms with Crippen molar-refractivity contribution >= 4 is 61.4 Å². The van der Waals surface area contributed by atoms with Gasteiger partial charge in [-0.3, -0.25) is 0 Å². The third kappa shape index (κ3) is 2.27. The number of nitrogens with zero attached hydrogens (tertiary/aromatic N) is 2. The van der Waals surface area contributed by atoms with Crippen LogP contribution in [0.2, 0.25) is 0 Å². The van der Waals surface area contributed by atoms with E-state index in [4.69, 9.17) is 0 Å². The fourth-order valence-corrected chi connectivity index (χ4v) is 7.70. The molecule has 4 heterocycles. The van der Waals surface area contributed by atoms with Gasteiger partial charge in [-0.2, -0.15) is 0 Å². The summed E-state index contributed by atoms with van der Waals surface area (Å²) in [5.74, 6) is 0. The summed E-state index contributed by atoms with van der Waals surface area (Å²) in [5.41, 5.74) is 14.7. The van der Waals surface area contributed by atoms with Crippen LogP contribution in [0.5, 0.6) is 0 Å². The monoisotopic (exact) mass is 492 g/mol. The van der Waals surface area contributed by atoms with Crippen LogP contribution in [0.1, 0.15) is 0 Å². The van der Waals surface area contributed by atoms with Gasteiger partial charge in [-0.05, 0) is 46.3 Å². The number of aromatic nitrogens is 2. The molecule has 0 aliphatic carbocycles. The van der Waals surface area contributed by atoms with E-state index < -0.39 is 0 Å². The molecule has 0 bridgehead atoms. The molecule has 0 fully saturated rings. The van der Waals surface area contributed by atoms with E-state index in [2.05, 4.69) is 136 Å². The highest BCUT2D eigenvalue weighted by Gasteiger charge is 2.42. The summed E-state index contributed by atoms with van der Waals surface area (Å²) in [6.45, 7) is 0.148. The average Bonchev–Trinajstić information content (AvgIpc) is 3.63. The standard InChI is InChI=1S/C36H21BN2/c1-2-10-22(11-3-1)38-31-18-6-4-12-23(31)28-20-21-30-33(36(28)38)29-17-8-14-25-27-16-9-15-26-24-13-5-7-19-32(24)39(35(26)27)37(30)34(25)29/h1-21H. The van der Waals surface area contributed by atoms with Crippen LogP contribution in [0.3, 0.4) is 0 Å². The van der Waals surface area contributed by atoms with E-state index in [1.807, 2.05) is 0 Å². The van der Waals surface area contributed by atoms with Gasteiger partial charge in [0.2, 0.25) is 0 Å². The predicted octanol–water partition coefficient (Wildman–Crippen LogP) is 7.51. The highest BCUT2D eigenvalue weighted by molar-refractivity contribution is 6.91. The summed E-state index contributed by atoms with van der Waals surface area (Å²) >= 11 is 0. The minimum absolute atomic E-state index is 0.148. The van der Waals surface area contributed by atoms with Crippen LogP contribution in [0.4, 0.5) is 0 Å². The largest absolute Gasteiger partial charge is 0.375 e. The lowest BCUT2D eigenvalue weighted by Crippen LogP contribution is -2.47. The number of fused-ring (bicyclic) bond motifs is 12.